The molecule has 1 heterocycles. The standard InChI is InChI=1S/C16H18BFN2O6S/c1-3-12(19)4-10(6-16(21)22)9(2)27(24,25)20-15-7-13-11(5-14(15)18)8-26-17(13)23/h3-5,7,20,23H,1,6,8,19H2,2H3,(H,21,22)/b10-9-,12-4+. The smallest absolute Gasteiger partial charge is 0.481 e. The molecule has 0 saturated carbocycles. The number of nitrogens with two attached hydrogens (primary N) is 1. The van der Waals surface area contributed by atoms with Crippen molar-refractivity contribution in [2.24, 2.45) is 5.73 Å². The zero-order chi connectivity index (χ0) is 20.4. The zero-order valence-corrected chi connectivity index (χ0v) is 15.2. The molecule has 0 spiro atoms. The number of anilines is 1. The van der Waals surface area contributed by atoms with Gasteiger partial charge in [-0.15, -0.1) is 0 Å². The predicted molar refractivity (Wildman–Crippen MR) is 98.8 cm³/mol. The average molecular weight is 396 g/mol. The van der Waals surface area contributed by atoms with Gasteiger partial charge in [-0.25, -0.2) is 12.8 Å². The Morgan fingerprint density at radius 2 is 2.19 bits per heavy atom. The Balaban J connectivity index is 2.46. The van der Waals surface area contributed by atoms with Crippen molar-refractivity contribution in [3.8, 4) is 0 Å². The summed E-state index contributed by atoms with van der Waals surface area (Å²) in [6.45, 7) is 4.61. The van der Waals surface area contributed by atoms with Crippen molar-refractivity contribution in [2.45, 2.75) is 20.0 Å². The van der Waals surface area contributed by atoms with Crippen molar-refractivity contribution in [2.75, 3.05) is 4.72 Å². The fourth-order valence-electron chi connectivity index (χ4n) is 2.42. The van der Waals surface area contributed by atoms with E-state index in [9.17, 15) is 22.6 Å². The molecule has 1 aromatic rings. The van der Waals surface area contributed by atoms with Gasteiger partial charge in [0.15, 0.2) is 0 Å². The normalized spacial score (nSPS) is 15.2. The third kappa shape index (κ3) is 4.76. The Kier molecular flexibility index (Phi) is 6.09. The van der Waals surface area contributed by atoms with Crippen molar-refractivity contribution in [1.29, 1.82) is 0 Å². The minimum Gasteiger partial charge on any atom is -0.481 e. The minimum atomic E-state index is -4.30. The number of rotatable bonds is 7. The molecule has 0 unspecified atom stereocenters. The summed E-state index contributed by atoms with van der Waals surface area (Å²) in [7, 11) is -5.58. The van der Waals surface area contributed by atoms with Crippen LogP contribution in [-0.2, 0) is 26.1 Å². The lowest BCUT2D eigenvalue weighted by Crippen LogP contribution is -2.29. The molecule has 2 rings (SSSR count). The van der Waals surface area contributed by atoms with Crippen LogP contribution in [-0.4, -0.2) is 31.6 Å². The number of aliphatic carboxylic acids is 1. The highest BCUT2D eigenvalue weighted by Crippen LogP contribution is 2.24. The summed E-state index contributed by atoms with van der Waals surface area (Å²) in [6, 6.07) is 2.20. The van der Waals surface area contributed by atoms with Crippen LogP contribution in [0.2, 0.25) is 0 Å². The second-order valence-corrected chi connectivity index (χ2v) is 7.62. The molecule has 0 fully saturated rings. The minimum absolute atomic E-state index is 0.00770. The maximum atomic E-state index is 14.2. The van der Waals surface area contributed by atoms with Gasteiger partial charge in [0.05, 0.1) is 23.6 Å². The van der Waals surface area contributed by atoms with E-state index in [1.165, 1.54) is 19.1 Å². The molecule has 0 atom stereocenters. The first-order chi connectivity index (χ1) is 12.5. The first-order valence-electron chi connectivity index (χ1n) is 7.71. The summed E-state index contributed by atoms with van der Waals surface area (Å²) < 4.78 is 46.5. The molecular formula is C16H18BFN2O6S. The summed E-state index contributed by atoms with van der Waals surface area (Å²) >= 11 is 0. The lowest BCUT2D eigenvalue weighted by molar-refractivity contribution is -0.136. The Hall–Kier alpha value is -2.63. The highest BCUT2D eigenvalue weighted by molar-refractivity contribution is 7.96. The summed E-state index contributed by atoms with van der Waals surface area (Å²) in [4.78, 5) is 10.7. The van der Waals surface area contributed by atoms with E-state index in [-0.39, 0.29) is 28.2 Å². The van der Waals surface area contributed by atoms with Crippen LogP contribution in [0.5, 0.6) is 0 Å². The summed E-state index contributed by atoms with van der Waals surface area (Å²) in [5.74, 6) is -2.12. The van der Waals surface area contributed by atoms with E-state index in [1.807, 2.05) is 0 Å². The van der Waals surface area contributed by atoms with Gasteiger partial charge >= 0.3 is 13.1 Å². The molecule has 144 valence electrons. The number of carboxylic acids is 1. The molecular weight excluding hydrogens is 378 g/mol. The van der Waals surface area contributed by atoms with Gasteiger partial charge in [-0.05, 0) is 47.8 Å². The largest absolute Gasteiger partial charge is 0.491 e. The van der Waals surface area contributed by atoms with Crippen molar-refractivity contribution in [3.63, 3.8) is 0 Å². The highest BCUT2D eigenvalue weighted by Gasteiger charge is 2.30. The Morgan fingerprint density at radius 1 is 1.52 bits per heavy atom. The van der Waals surface area contributed by atoms with E-state index in [0.29, 0.717) is 5.56 Å². The fourth-order valence-corrected chi connectivity index (χ4v) is 3.49. The van der Waals surface area contributed by atoms with Gasteiger partial charge in [-0.1, -0.05) is 6.58 Å². The first-order valence-corrected chi connectivity index (χ1v) is 9.19. The molecule has 0 saturated heterocycles. The molecule has 8 nitrogen and oxygen atoms in total. The lowest BCUT2D eigenvalue weighted by atomic mass is 9.79. The molecule has 0 radical (unpaired) electrons. The highest BCUT2D eigenvalue weighted by atomic mass is 32.2. The summed E-state index contributed by atoms with van der Waals surface area (Å²) in [5, 5.41) is 18.7. The van der Waals surface area contributed by atoms with Gasteiger partial charge in [-0.3, -0.25) is 9.52 Å². The van der Waals surface area contributed by atoms with Gasteiger partial charge in [0.2, 0.25) is 0 Å². The van der Waals surface area contributed by atoms with Crippen LogP contribution >= 0.6 is 0 Å². The van der Waals surface area contributed by atoms with Gasteiger partial charge in [0.25, 0.3) is 10.0 Å². The van der Waals surface area contributed by atoms with Crippen LogP contribution in [0, 0.1) is 5.82 Å². The number of carbonyl (C=O) groups is 1. The maximum Gasteiger partial charge on any atom is 0.491 e. The molecule has 0 bridgehead atoms. The van der Waals surface area contributed by atoms with Crippen LogP contribution < -0.4 is 15.9 Å². The topological polar surface area (TPSA) is 139 Å². The van der Waals surface area contributed by atoms with Crippen LogP contribution in [0.4, 0.5) is 10.1 Å². The maximum absolute atomic E-state index is 14.2. The van der Waals surface area contributed by atoms with Gasteiger partial charge in [-0.2, -0.15) is 0 Å². The number of nitrogens with one attached hydrogen (secondary N) is 1. The van der Waals surface area contributed by atoms with E-state index in [4.69, 9.17) is 15.5 Å². The van der Waals surface area contributed by atoms with Crippen molar-refractivity contribution >= 4 is 34.3 Å². The second kappa shape index (κ2) is 7.95. The van der Waals surface area contributed by atoms with E-state index >= 15 is 0 Å². The molecule has 27 heavy (non-hydrogen) atoms. The Labute approximate surface area is 156 Å². The SMILES string of the molecule is C=C/C(N)=C\C(CC(=O)O)=C(/C)S(=O)(=O)Nc1cc2c(cc1F)COB2O. The van der Waals surface area contributed by atoms with Crippen LogP contribution in [0.3, 0.4) is 0 Å². The zero-order valence-electron chi connectivity index (χ0n) is 14.4. The predicted octanol–water partition coefficient (Wildman–Crippen LogP) is 0.562. The van der Waals surface area contributed by atoms with E-state index < -0.39 is 41.0 Å². The van der Waals surface area contributed by atoms with Crippen molar-refractivity contribution < 1.29 is 32.4 Å². The number of carboxylic acid groups (broad SMARTS) is 1. The van der Waals surface area contributed by atoms with E-state index in [2.05, 4.69) is 11.3 Å². The van der Waals surface area contributed by atoms with Gasteiger partial charge in [0.1, 0.15) is 5.82 Å². The molecule has 5 N–H and O–H groups in total. The summed E-state index contributed by atoms with van der Waals surface area (Å²) in [6.07, 6.45) is 1.80. The molecule has 1 aliphatic rings. The number of fused-ring (bicyclic) bond motifs is 1. The summed E-state index contributed by atoms with van der Waals surface area (Å²) in [5.41, 5.74) is 5.83. The third-order valence-electron chi connectivity index (χ3n) is 3.91. The molecule has 1 aromatic carbocycles. The quantitative estimate of drug-likeness (QED) is 0.390. The van der Waals surface area contributed by atoms with Crippen molar-refractivity contribution in [1.82, 2.24) is 0 Å². The molecule has 0 amide bonds. The number of allylic oxidation sites excluding steroid dienone is 3. The fraction of sp³-hybridized carbons (Fsp3) is 0.188. The van der Waals surface area contributed by atoms with Crippen LogP contribution in [0.1, 0.15) is 18.9 Å². The molecule has 0 aliphatic carbocycles. The number of halogens is 1. The molecule has 0 aromatic heterocycles. The van der Waals surface area contributed by atoms with E-state index in [0.717, 1.165) is 12.1 Å². The number of hydrogen-bond acceptors (Lipinski definition) is 6. The van der Waals surface area contributed by atoms with Gasteiger partial charge in [0, 0.05) is 5.70 Å². The first kappa shape index (κ1) is 20.7. The lowest BCUT2D eigenvalue weighted by Gasteiger charge is -2.13. The van der Waals surface area contributed by atoms with Gasteiger partial charge < -0.3 is 20.5 Å². The van der Waals surface area contributed by atoms with E-state index in [1.54, 1.807) is 0 Å². The Morgan fingerprint density at radius 3 is 2.78 bits per heavy atom. The monoisotopic (exact) mass is 396 g/mol. The number of benzene rings is 1. The third-order valence-corrected chi connectivity index (χ3v) is 5.47. The second-order valence-electron chi connectivity index (χ2n) is 5.80. The number of sulfonamides is 1. The van der Waals surface area contributed by atoms with Crippen LogP contribution in [0.25, 0.3) is 0 Å². The van der Waals surface area contributed by atoms with Crippen LogP contribution in [0.15, 0.2) is 47.0 Å². The average Bonchev–Trinajstić information content (AvgIpc) is 2.93. The molecule has 11 heteroatoms. The van der Waals surface area contributed by atoms with Crippen molar-refractivity contribution in [3.05, 3.63) is 58.4 Å². The molecule has 1 aliphatic heterocycles. The number of hydrogen-bond donors (Lipinski definition) is 4. The Bertz CT molecular complexity index is 958.